The van der Waals surface area contributed by atoms with Gasteiger partial charge in [0, 0.05) is 11.6 Å². The summed E-state index contributed by atoms with van der Waals surface area (Å²) < 4.78 is 0. The van der Waals surface area contributed by atoms with E-state index < -0.39 is 5.41 Å². The minimum Gasteiger partial charge on any atom is -0.275 e. The fraction of sp³-hybridized carbons (Fsp3) is 0.467. The Bertz CT molecular complexity index is 507. The molecule has 0 N–H and O–H groups in total. The lowest BCUT2D eigenvalue weighted by molar-refractivity contribution is -0.136. The maximum atomic E-state index is 12.6. The predicted octanol–water partition coefficient (Wildman–Crippen LogP) is 2.75. The van der Waals surface area contributed by atoms with Gasteiger partial charge in [0.25, 0.3) is 5.91 Å². The van der Waals surface area contributed by atoms with Gasteiger partial charge in [0.15, 0.2) is 0 Å². The molecule has 1 aromatic rings. The van der Waals surface area contributed by atoms with Gasteiger partial charge in [-0.3, -0.25) is 14.5 Å². The average Bonchev–Trinajstić information content (AvgIpc) is 2.36. The Labute approximate surface area is 108 Å². The van der Waals surface area contributed by atoms with Crippen molar-refractivity contribution in [3.8, 4) is 0 Å². The quantitative estimate of drug-likeness (QED) is 0.751. The fourth-order valence-electron chi connectivity index (χ4n) is 2.56. The summed E-state index contributed by atoms with van der Waals surface area (Å²) in [6.45, 7) is 7.67. The molecular formula is C15H19NO2. The van der Waals surface area contributed by atoms with Crippen molar-refractivity contribution in [1.29, 1.82) is 0 Å². The van der Waals surface area contributed by atoms with E-state index >= 15 is 0 Å². The number of imide groups is 1. The topological polar surface area (TPSA) is 37.4 Å². The molecule has 0 saturated heterocycles. The minimum atomic E-state index is -0.589. The van der Waals surface area contributed by atoms with Crippen LogP contribution in [0.15, 0.2) is 24.3 Å². The zero-order valence-corrected chi connectivity index (χ0v) is 11.4. The molecule has 1 heterocycles. The lowest BCUT2D eigenvalue weighted by Gasteiger charge is -2.40. The van der Waals surface area contributed by atoms with Crippen molar-refractivity contribution in [1.82, 2.24) is 4.90 Å². The maximum Gasteiger partial charge on any atom is 0.261 e. The average molecular weight is 245 g/mol. The summed E-state index contributed by atoms with van der Waals surface area (Å²) >= 11 is 0. The molecule has 0 radical (unpaired) electrons. The number of carbonyl (C=O) groups is 2. The number of amides is 2. The van der Waals surface area contributed by atoms with Gasteiger partial charge in [-0.1, -0.05) is 25.1 Å². The highest BCUT2D eigenvalue weighted by Gasteiger charge is 2.46. The Hall–Kier alpha value is -1.64. The van der Waals surface area contributed by atoms with Crippen molar-refractivity contribution in [3.05, 3.63) is 35.4 Å². The third-order valence-electron chi connectivity index (χ3n) is 3.89. The van der Waals surface area contributed by atoms with Crippen molar-refractivity contribution in [2.24, 2.45) is 0 Å². The molecule has 2 amide bonds. The van der Waals surface area contributed by atoms with Crippen molar-refractivity contribution >= 4 is 11.8 Å². The third kappa shape index (κ3) is 1.57. The molecule has 0 bridgehead atoms. The lowest BCUT2D eigenvalue weighted by atomic mass is 9.73. The molecule has 3 nitrogen and oxygen atoms in total. The number of carbonyl (C=O) groups excluding carboxylic acids is 2. The minimum absolute atomic E-state index is 0.0799. The van der Waals surface area contributed by atoms with Gasteiger partial charge in [0.2, 0.25) is 5.91 Å². The summed E-state index contributed by atoms with van der Waals surface area (Å²) in [7, 11) is 0. The molecule has 1 atom stereocenters. The number of nitrogens with zero attached hydrogens (tertiary/aromatic N) is 1. The van der Waals surface area contributed by atoms with E-state index in [1.165, 1.54) is 4.90 Å². The number of rotatable bonds is 2. The van der Waals surface area contributed by atoms with E-state index in [0.29, 0.717) is 12.0 Å². The smallest absolute Gasteiger partial charge is 0.261 e. The third-order valence-corrected chi connectivity index (χ3v) is 3.89. The highest BCUT2D eigenvalue weighted by molar-refractivity contribution is 6.13. The van der Waals surface area contributed by atoms with E-state index in [2.05, 4.69) is 0 Å². The highest BCUT2D eigenvalue weighted by Crippen LogP contribution is 2.37. The summed E-state index contributed by atoms with van der Waals surface area (Å²) in [5.41, 5.74) is 0.934. The van der Waals surface area contributed by atoms with Crippen LogP contribution in [0.3, 0.4) is 0 Å². The van der Waals surface area contributed by atoms with E-state index in [-0.39, 0.29) is 17.9 Å². The summed E-state index contributed by atoms with van der Waals surface area (Å²) in [4.78, 5) is 26.4. The van der Waals surface area contributed by atoms with Crippen LogP contribution in [0, 0.1) is 0 Å². The first kappa shape index (κ1) is 12.8. The molecule has 3 heteroatoms. The summed E-state index contributed by atoms with van der Waals surface area (Å²) in [6.07, 6.45) is 0.694. The highest BCUT2D eigenvalue weighted by atomic mass is 16.2. The van der Waals surface area contributed by atoms with Crippen LogP contribution in [0.5, 0.6) is 0 Å². The largest absolute Gasteiger partial charge is 0.275 e. The van der Waals surface area contributed by atoms with Crippen LogP contribution in [0.1, 0.15) is 50.0 Å². The van der Waals surface area contributed by atoms with E-state index in [0.717, 1.165) is 5.56 Å². The molecular weight excluding hydrogens is 226 g/mol. The summed E-state index contributed by atoms with van der Waals surface area (Å²) in [5.74, 6) is -0.250. The molecule has 1 aliphatic rings. The molecule has 2 rings (SSSR count). The first-order chi connectivity index (χ1) is 8.43. The zero-order chi connectivity index (χ0) is 13.5. The van der Waals surface area contributed by atoms with E-state index in [9.17, 15) is 9.59 Å². The molecule has 18 heavy (non-hydrogen) atoms. The Morgan fingerprint density at radius 1 is 1.22 bits per heavy atom. The van der Waals surface area contributed by atoms with Crippen molar-refractivity contribution in [2.75, 3.05) is 0 Å². The predicted molar refractivity (Wildman–Crippen MR) is 70.4 cm³/mol. The van der Waals surface area contributed by atoms with Crippen LogP contribution in [0.2, 0.25) is 0 Å². The standard InChI is InChI=1S/C15H19NO2/c1-5-15(4)12-9-7-6-8-11(12)13(17)16(10(2)3)14(15)18/h6-10H,5H2,1-4H3. The van der Waals surface area contributed by atoms with Crippen LogP contribution in [0.25, 0.3) is 0 Å². The normalized spacial score (nSPS) is 23.5. The van der Waals surface area contributed by atoms with Crippen LogP contribution < -0.4 is 0 Å². The van der Waals surface area contributed by atoms with Gasteiger partial charge in [-0.15, -0.1) is 0 Å². The molecule has 0 aromatic heterocycles. The SMILES string of the molecule is CCC1(C)C(=O)N(C(C)C)C(=O)c2ccccc21. The second kappa shape index (κ2) is 4.23. The molecule has 96 valence electrons. The number of hydrogen-bond acceptors (Lipinski definition) is 2. The number of fused-ring (bicyclic) bond motifs is 1. The van der Waals surface area contributed by atoms with Gasteiger partial charge in [-0.05, 0) is 38.8 Å². The molecule has 1 unspecified atom stereocenters. The zero-order valence-electron chi connectivity index (χ0n) is 11.4. The van der Waals surface area contributed by atoms with Crippen LogP contribution >= 0.6 is 0 Å². The summed E-state index contributed by atoms with van der Waals surface area (Å²) in [6, 6.07) is 7.34. The molecule has 0 aliphatic carbocycles. The Balaban J connectivity index is 2.68. The Morgan fingerprint density at radius 3 is 2.39 bits per heavy atom. The van der Waals surface area contributed by atoms with Crippen LogP contribution in [-0.4, -0.2) is 22.8 Å². The van der Waals surface area contributed by atoms with Gasteiger partial charge < -0.3 is 0 Å². The maximum absolute atomic E-state index is 12.6. The monoisotopic (exact) mass is 245 g/mol. The van der Waals surface area contributed by atoms with Crippen molar-refractivity contribution in [3.63, 3.8) is 0 Å². The van der Waals surface area contributed by atoms with Gasteiger partial charge in [-0.2, -0.15) is 0 Å². The van der Waals surface area contributed by atoms with Crippen LogP contribution in [0.4, 0.5) is 0 Å². The van der Waals surface area contributed by atoms with Crippen molar-refractivity contribution < 1.29 is 9.59 Å². The van der Waals surface area contributed by atoms with Crippen molar-refractivity contribution in [2.45, 2.75) is 45.6 Å². The van der Waals surface area contributed by atoms with Gasteiger partial charge >= 0.3 is 0 Å². The van der Waals surface area contributed by atoms with E-state index in [4.69, 9.17) is 0 Å². The molecule has 0 saturated carbocycles. The molecule has 1 aliphatic heterocycles. The number of hydrogen-bond donors (Lipinski definition) is 0. The first-order valence-corrected chi connectivity index (χ1v) is 6.41. The first-order valence-electron chi connectivity index (χ1n) is 6.41. The van der Waals surface area contributed by atoms with Gasteiger partial charge in [0.05, 0.1) is 5.41 Å². The van der Waals surface area contributed by atoms with Gasteiger partial charge in [0.1, 0.15) is 0 Å². The second-order valence-corrected chi connectivity index (χ2v) is 5.31. The van der Waals surface area contributed by atoms with Gasteiger partial charge in [-0.25, -0.2) is 0 Å². The summed E-state index contributed by atoms with van der Waals surface area (Å²) in [5, 5.41) is 0. The fourth-order valence-corrected chi connectivity index (χ4v) is 2.56. The Morgan fingerprint density at radius 2 is 1.83 bits per heavy atom. The Kier molecular flexibility index (Phi) is 3.01. The van der Waals surface area contributed by atoms with E-state index in [1.54, 1.807) is 0 Å². The molecule has 0 fully saturated rings. The lowest BCUT2D eigenvalue weighted by Crippen LogP contribution is -2.55. The van der Waals surface area contributed by atoms with E-state index in [1.807, 2.05) is 52.0 Å². The molecule has 1 aromatic carbocycles. The molecule has 0 spiro atoms. The van der Waals surface area contributed by atoms with Crippen LogP contribution in [-0.2, 0) is 10.2 Å². The second-order valence-electron chi connectivity index (χ2n) is 5.31. The number of benzene rings is 1.